The van der Waals surface area contributed by atoms with Crippen molar-refractivity contribution >= 4 is 27.5 Å². The molecule has 0 aliphatic heterocycles. The maximum Gasteiger partial charge on any atom is 0.141 e. The normalized spacial score (nSPS) is 12.2. The number of alkyl halides is 1. The minimum Gasteiger partial charge on any atom is -0.497 e. The molecule has 0 aromatic heterocycles. The lowest BCUT2D eigenvalue weighted by molar-refractivity contribution is 0.414. The minimum absolute atomic E-state index is 0.0812. The van der Waals surface area contributed by atoms with Gasteiger partial charge in [0.05, 0.1) is 12.1 Å². The molecule has 2 aromatic rings. The summed E-state index contributed by atoms with van der Waals surface area (Å²) in [6.45, 7) is 0. The van der Waals surface area contributed by atoms with Crippen LogP contribution in [0.2, 0.25) is 5.02 Å². The third-order valence-electron chi connectivity index (χ3n) is 2.85. The van der Waals surface area contributed by atoms with Gasteiger partial charge in [0, 0.05) is 4.83 Å². The van der Waals surface area contributed by atoms with Crippen molar-refractivity contribution in [2.75, 3.05) is 7.11 Å². The van der Waals surface area contributed by atoms with Crippen molar-refractivity contribution in [3.05, 3.63) is 64.4 Å². The summed E-state index contributed by atoms with van der Waals surface area (Å²) < 4.78 is 18.3. The van der Waals surface area contributed by atoms with E-state index < -0.39 is 5.82 Å². The predicted octanol–water partition coefficient (Wildman–Crippen LogP) is 5.17. The van der Waals surface area contributed by atoms with Gasteiger partial charge in [-0.3, -0.25) is 0 Å². The predicted molar refractivity (Wildman–Crippen MR) is 79.8 cm³/mol. The molecule has 0 saturated carbocycles. The second-order valence-corrected chi connectivity index (χ2v) is 5.71. The zero-order chi connectivity index (χ0) is 13.8. The fraction of sp³-hybridized carbons (Fsp3) is 0.200. The number of benzene rings is 2. The van der Waals surface area contributed by atoms with Gasteiger partial charge >= 0.3 is 0 Å². The Balaban J connectivity index is 2.15. The number of hydrogen-bond acceptors (Lipinski definition) is 1. The Labute approximate surface area is 125 Å². The minimum atomic E-state index is -0.397. The Kier molecular flexibility index (Phi) is 4.83. The second-order valence-electron chi connectivity index (χ2n) is 4.20. The van der Waals surface area contributed by atoms with E-state index in [4.69, 9.17) is 16.3 Å². The van der Waals surface area contributed by atoms with Gasteiger partial charge < -0.3 is 4.74 Å². The van der Waals surface area contributed by atoms with Crippen LogP contribution in [-0.2, 0) is 6.42 Å². The van der Waals surface area contributed by atoms with Gasteiger partial charge in [0.25, 0.3) is 0 Å². The fourth-order valence-electron chi connectivity index (χ4n) is 1.83. The summed E-state index contributed by atoms with van der Waals surface area (Å²) in [5.41, 5.74) is 2.09. The van der Waals surface area contributed by atoms with Crippen molar-refractivity contribution in [3.8, 4) is 5.75 Å². The van der Waals surface area contributed by atoms with Crippen LogP contribution < -0.4 is 4.74 Å². The Bertz CT molecular complexity index is 574. The van der Waals surface area contributed by atoms with Crippen LogP contribution in [-0.4, -0.2) is 7.11 Å². The highest BCUT2D eigenvalue weighted by Gasteiger charge is 2.11. The summed E-state index contributed by atoms with van der Waals surface area (Å²) in [5, 5.41) is 0.146. The molecule has 2 rings (SSSR count). The molecule has 0 heterocycles. The first-order chi connectivity index (χ1) is 9.10. The summed E-state index contributed by atoms with van der Waals surface area (Å²) >= 11 is 9.40. The molecule has 4 heteroatoms. The monoisotopic (exact) mass is 342 g/mol. The van der Waals surface area contributed by atoms with E-state index >= 15 is 0 Å². The lowest BCUT2D eigenvalue weighted by Gasteiger charge is -2.12. The molecule has 0 saturated heterocycles. The zero-order valence-electron chi connectivity index (χ0n) is 10.4. The van der Waals surface area contributed by atoms with E-state index in [0.29, 0.717) is 0 Å². The highest BCUT2D eigenvalue weighted by molar-refractivity contribution is 9.09. The second kappa shape index (κ2) is 6.40. The van der Waals surface area contributed by atoms with E-state index in [1.807, 2.05) is 24.3 Å². The number of halogens is 3. The first kappa shape index (κ1) is 14.4. The molecular formula is C15H13BrClFO. The third-order valence-corrected chi connectivity index (χ3v) is 4.00. The van der Waals surface area contributed by atoms with Crippen molar-refractivity contribution in [2.24, 2.45) is 0 Å². The van der Waals surface area contributed by atoms with Crippen LogP contribution in [0.5, 0.6) is 5.75 Å². The van der Waals surface area contributed by atoms with Gasteiger partial charge in [-0.15, -0.1) is 0 Å². The van der Waals surface area contributed by atoms with Gasteiger partial charge in [-0.25, -0.2) is 4.39 Å². The molecule has 0 radical (unpaired) electrons. The Hall–Kier alpha value is -1.06. The van der Waals surface area contributed by atoms with E-state index in [1.165, 1.54) is 6.07 Å². The van der Waals surface area contributed by atoms with E-state index in [-0.39, 0.29) is 9.85 Å². The lowest BCUT2D eigenvalue weighted by atomic mass is 10.0. The van der Waals surface area contributed by atoms with Crippen LogP contribution in [0.25, 0.3) is 0 Å². The van der Waals surface area contributed by atoms with Crippen LogP contribution in [0.3, 0.4) is 0 Å². The summed E-state index contributed by atoms with van der Waals surface area (Å²) in [7, 11) is 1.64. The highest BCUT2D eigenvalue weighted by Crippen LogP contribution is 2.30. The number of hydrogen-bond donors (Lipinski definition) is 0. The largest absolute Gasteiger partial charge is 0.497 e. The van der Waals surface area contributed by atoms with Gasteiger partial charge in [-0.1, -0.05) is 45.7 Å². The molecule has 1 unspecified atom stereocenters. The molecule has 0 aliphatic rings. The molecule has 0 amide bonds. The first-order valence-corrected chi connectivity index (χ1v) is 7.11. The first-order valence-electron chi connectivity index (χ1n) is 5.82. The average molecular weight is 344 g/mol. The zero-order valence-corrected chi connectivity index (χ0v) is 12.7. The standard InChI is InChI=1S/C15H13BrClFO/c1-19-12-4-2-3-10(7-12)8-13(16)11-5-6-15(18)14(17)9-11/h2-7,9,13H,8H2,1H3. The van der Waals surface area contributed by atoms with Gasteiger partial charge in [0.15, 0.2) is 0 Å². The van der Waals surface area contributed by atoms with E-state index in [9.17, 15) is 4.39 Å². The highest BCUT2D eigenvalue weighted by atomic mass is 79.9. The van der Waals surface area contributed by atoms with Crippen molar-refractivity contribution in [2.45, 2.75) is 11.2 Å². The lowest BCUT2D eigenvalue weighted by Crippen LogP contribution is -1.96. The topological polar surface area (TPSA) is 9.23 Å². The van der Waals surface area contributed by atoms with Crippen LogP contribution in [0.4, 0.5) is 4.39 Å². The van der Waals surface area contributed by atoms with E-state index in [1.54, 1.807) is 19.2 Å². The summed E-state index contributed by atoms with van der Waals surface area (Å²) in [6, 6.07) is 12.6. The molecule has 0 spiro atoms. The number of rotatable bonds is 4. The molecular weight excluding hydrogens is 331 g/mol. The summed E-state index contributed by atoms with van der Waals surface area (Å²) in [6.07, 6.45) is 0.777. The van der Waals surface area contributed by atoms with Gasteiger partial charge in [-0.2, -0.15) is 0 Å². The van der Waals surface area contributed by atoms with Crippen molar-refractivity contribution in [1.29, 1.82) is 0 Å². The van der Waals surface area contributed by atoms with Crippen LogP contribution in [0.1, 0.15) is 16.0 Å². The maximum atomic E-state index is 13.1. The van der Waals surface area contributed by atoms with Crippen LogP contribution >= 0.6 is 27.5 Å². The van der Waals surface area contributed by atoms with Crippen molar-refractivity contribution < 1.29 is 9.13 Å². The summed E-state index contributed by atoms with van der Waals surface area (Å²) in [4.78, 5) is 0.0812. The third kappa shape index (κ3) is 3.71. The van der Waals surface area contributed by atoms with Crippen molar-refractivity contribution in [1.82, 2.24) is 0 Å². The molecule has 100 valence electrons. The maximum absolute atomic E-state index is 13.1. The molecule has 1 atom stereocenters. The Morgan fingerprint density at radius 1 is 1.26 bits per heavy atom. The van der Waals surface area contributed by atoms with Gasteiger partial charge in [-0.05, 0) is 41.8 Å². The quantitative estimate of drug-likeness (QED) is 0.696. The number of methoxy groups -OCH3 is 1. The fourth-order valence-corrected chi connectivity index (χ4v) is 2.68. The smallest absolute Gasteiger partial charge is 0.141 e. The molecule has 19 heavy (non-hydrogen) atoms. The summed E-state index contributed by atoms with van der Waals surface area (Å²) in [5.74, 6) is 0.431. The van der Waals surface area contributed by atoms with E-state index in [0.717, 1.165) is 23.3 Å². The average Bonchev–Trinajstić information content (AvgIpc) is 2.42. The SMILES string of the molecule is COc1cccc(CC(Br)c2ccc(F)c(Cl)c2)c1. The van der Waals surface area contributed by atoms with Crippen LogP contribution in [0.15, 0.2) is 42.5 Å². The molecule has 2 aromatic carbocycles. The molecule has 0 bridgehead atoms. The van der Waals surface area contributed by atoms with Gasteiger partial charge in [0.1, 0.15) is 11.6 Å². The Morgan fingerprint density at radius 3 is 2.74 bits per heavy atom. The van der Waals surface area contributed by atoms with Crippen molar-refractivity contribution in [3.63, 3.8) is 0 Å². The molecule has 0 aliphatic carbocycles. The number of ether oxygens (including phenoxy) is 1. The molecule has 1 nitrogen and oxygen atoms in total. The van der Waals surface area contributed by atoms with E-state index in [2.05, 4.69) is 15.9 Å². The van der Waals surface area contributed by atoms with Crippen LogP contribution in [0, 0.1) is 5.82 Å². The Morgan fingerprint density at radius 2 is 2.05 bits per heavy atom. The molecule has 0 fully saturated rings. The van der Waals surface area contributed by atoms with Gasteiger partial charge in [0.2, 0.25) is 0 Å². The molecule has 0 N–H and O–H groups in total.